The Morgan fingerprint density at radius 1 is 1.38 bits per heavy atom. The summed E-state index contributed by atoms with van der Waals surface area (Å²) in [5.74, 6) is -0.820. The number of furan rings is 1. The molecule has 0 spiro atoms. The van der Waals surface area contributed by atoms with Crippen LogP contribution in [0.5, 0.6) is 0 Å². The van der Waals surface area contributed by atoms with Crippen LogP contribution in [-0.2, 0) is 19.1 Å². The second-order valence-corrected chi connectivity index (χ2v) is 6.15. The highest BCUT2D eigenvalue weighted by Gasteiger charge is 2.40. The second-order valence-electron chi connectivity index (χ2n) is 6.15. The van der Waals surface area contributed by atoms with Gasteiger partial charge in [0, 0.05) is 12.8 Å². The first kappa shape index (κ1) is 18.5. The maximum Gasteiger partial charge on any atom is 0.364 e. The number of carbonyl (C=O) groups is 1. The number of oxime groups is 1. The molecule has 134 valence electrons. The van der Waals surface area contributed by atoms with Gasteiger partial charge in [-0.05, 0) is 45.2 Å². The van der Waals surface area contributed by atoms with E-state index in [1.165, 1.54) is 6.92 Å². The molecule has 7 nitrogen and oxygen atoms in total. The van der Waals surface area contributed by atoms with Crippen molar-refractivity contribution in [2.24, 2.45) is 11.1 Å². The van der Waals surface area contributed by atoms with Gasteiger partial charge in [0.2, 0.25) is 0 Å². The minimum atomic E-state index is -1.50. The topological polar surface area (TPSA) is 90.5 Å². The van der Waals surface area contributed by atoms with Crippen molar-refractivity contribution in [1.29, 1.82) is 0 Å². The van der Waals surface area contributed by atoms with Crippen molar-refractivity contribution in [1.82, 2.24) is 0 Å². The molecule has 2 heterocycles. The molecule has 7 heteroatoms. The molecule has 0 unspecified atom stereocenters. The number of rotatable bonds is 8. The summed E-state index contributed by atoms with van der Waals surface area (Å²) < 4.78 is 16.1. The van der Waals surface area contributed by atoms with Gasteiger partial charge >= 0.3 is 5.97 Å². The predicted molar refractivity (Wildman–Crippen MR) is 86.9 cm³/mol. The summed E-state index contributed by atoms with van der Waals surface area (Å²) in [6.07, 6.45) is 2.70. The Hall–Kier alpha value is -1.86. The molecule has 0 saturated carbocycles. The molecule has 0 bridgehead atoms. The Morgan fingerprint density at radius 3 is 2.67 bits per heavy atom. The Bertz CT molecular complexity index is 571. The number of ether oxygens (including phenoxy) is 2. The van der Waals surface area contributed by atoms with E-state index in [0.29, 0.717) is 31.3 Å². The lowest BCUT2D eigenvalue weighted by Crippen LogP contribution is -2.47. The van der Waals surface area contributed by atoms with Gasteiger partial charge in [-0.15, -0.1) is 0 Å². The van der Waals surface area contributed by atoms with Crippen LogP contribution in [0.3, 0.4) is 0 Å². The van der Waals surface area contributed by atoms with Crippen LogP contribution in [0.1, 0.15) is 44.6 Å². The zero-order valence-corrected chi connectivity index (χ0v) is 14.4. The molecule has 2 rings (SSSR count). The predicted octanol–water partition coefficient (Wildman–Crippen LogP) is 2.96. The third kappa shape index (κ3) is 5.07. The fourth-order valence-corrected chi connectivity index (χ4v) is 2.35. The molecule has 1 aromatic heterocycles. The van der Waals surface area contributed by atoms with Gasteiger partial charge in [0.25, 0.3) is 5.79 Å². The molecule has 1 fully saturated rings. The summed E-state index contributed by atoms with van der Waals surface area (Å²) in [5.41, 5.74) is 0.713. The maximum atomic E-state index is 11.0. The van der Waals surface area contributed by atoms with Gasteiger partial charge in [-0.2, -0.15) is 0 Å². The first-order chi connectivity index (χ1) is 11.4. The number of unbranched alkanes of at least 4 members (excludes halogenated alkanes) is 1. The van der Waals surface area contributed by atoms with Crippen LogP contribution >= 0.6 is 0 Å². The minimum absolute atomic E-state index is 0.216. The van der Waals surface area contributed by atoms with E-state index in [2.05, 4.69) is 5.16 Å². The van der Waals surface area contributed by atoms with Crippen LogP contribution in [0.15, 0.2) is 21.7 Å². The second kappa shape index (κ2) is 8.30. The van der Waals surface area contributed by atoms with Gasteiger partial charge in [-0.1, -0.05) is 5.16 Å². The van der Waals surface area contributed by atoms with Gasteiger partial charge in [-0.3, -0.25) is 0 Å². The number of aryl methyl sites for hydroxylation is 1. The summed E-state index contributed by atoms with van der Waals surface area (Å²) in [6, 6.07) is 3.75. The van der Waals surface area contributed by atoms with Crippen molar-refractivity contribution < 1.29 is 28.6 Å². The van der Waals surface area contributed by atoms with E-state index in [1.54, 1.807) is 0 Å². The molecule has 0 aliphatic carbocycles. The van der Waals surface area contributed by atoms with Crippen LogP contribution in [0.25, 0.3) is 0 Å². The molecule has 0 radical (unpaired) electrons. The maximum absolute atomic E-state index is 11.0. The normalized spacial score (nSPS) is 24.8. The number of hydrogen-bond acceptors (Lipinski definition) is 6. The van der Waals surface area contributed by atoms with E-state index in [4.69, 9.17) is 23.8 Å². The first-order valence-corrected chi connectivity index (χ1v) is 8.15. The fourth-order valence-electron chi connectivity index (χ4n) is 2.35. The van der Waals surface area contributed by atoms with E-state index in [-0.39, 0.29) is 5.92 Å². The van der Waals surface area contributed by atoms with Gasteiger partial charge in [0.05, 0.1) is 13.2 Å². The van der Waals surface area contributed by atoms with Crippen molar-refractivity contribution >= 4 is 11.7 Å². The van der Waals surface area contributed by atoms with Crippen molar-refractivity contribution in [3.63, 3.8) is 0 Å². The third-order valence-electron chi connectivity index (χ3n) is 3.97. The Balaban J connectivity index is 1.58. The highest BCUT2D eigenvalue weighted by Crippen LogP contribution is 2.24. The molecule has 24 heavy (non-hydrogen) atoms. The minimum Gasteiger partial charge on any atom is -0.477 e. The summed E-state index contributed by atoms with van der Waals surface area (Å²) in [5, 5.41) is 13.0. The molecule has 1 aromatic rings. The largest absolute Gasteiger partial charge is 0.477 e. The lowest BCUT2D eigenvalue weighted by Gasteiger charge is -2.34. The number of aliphatic carboxylic acids is 1. The molecule has 0 atom stereocenters. The number of hydrogen-bond donors (Lipinski definition) is 1. The standard InChI is InChI=1S/C17H25NO6/c1-12-7-8-15(24-12)13(2)18-23-9-5-4-6-14-10-21-17(3,16(19)20)22-11-14/h7-8,14H,4-6,9-11H2,1-3H3,(H,19,20). The van der Waals surface area contributed by atoms with Crippen LogP contribution in [0.2, 0.25) is 0 Å². The number of carboxylic acids is 1. The van der Waals surface area contributed by atoms with Crippen molar-refractivity contribution in [2.75, 3.05) is 19.8 Å². The van der Waals surface area contributed by atoms with Gasteiger partial charge in [0.15, 0.2) is 5.76 Å². The fraction of sp³-hybridized carbons (Fsp3) is 0.647. The average Bonchev–Trinajstić information content (AvgIpc) is 2.99. The summed E-state index contributed by atoms with van der Waals surface area (Å²) in [4.78, 5) is 16.3. The van der Waals surface area contributed by atoms with Crippen LogP contribution < -0.4 is 0 Å². The van der Waals surface area contributed by atoms with Crippen LogP contribution in [-0.4, -0.2) is 42.4 Å². The average molecular weight is 339 g/mol. The summed E-state index contributed by atoms with van der Waals surface area (Å²) >= 11 is 0. The molecule has 1 N–H and O–H groups in total. The van der Waals surface area contributed by atoms with E-state index in [1.807, 2.05) is 26.0 Å². The molecule has 1 aliphatic rings. The Labute approximate surface area is 141 Å². The zero-order valence-electron chi connectivity index (χ0n) is 14.4. The summed E-state index contributed by atoms with van der Waals surface area (Å²) in [7, 11) is 0. The Morgan fingerprint density at radius 2 is 2.08 bits per heavy atom. The van der Waals surface area contributed by atoms with Crippen LogP contribution in [0.4, 0.5) is 0 Å². The van der Waals surface area contributed by atoms with Crippen molar-refractivity contribution in [3.05, 3.63) is 23.7 Å². The van der Waals surface area contributed by atoms with Crippen LogP contribution in [0, 0.1) is 12.8 Å². The highest BCUT2D eigenvalue weighted by atomic mass is 16.7. The van der Waals surface area contributed by atoms with Gasteiger partial charge < -0.3 is 23.8 Å². The molecular weight excluding hydrogens is 314 g/mol. The van der Waals surface area contributed by atoms with E-state index in [0.717, 1.165) is 25.0 Å². The summed E-state index contributed by atoms with van der Waals surface area (Å²) in [6.45, 7) is 6.49. The number of carboxylic acid groups (broad SMARTS) is 1. The smallest absolute Gasteiger partial charge is 0.364 e. The SMILES string of the molecule is CC(=NOCCCCC1COC(C)(C(=O)O)OC1)c1ccc(C)o1. The quantitative estimate of drug-likeness (QED) is 0.445. The molecule has 0 aromatic carbocycles. The molecular formula is C17H25NO6. The van der Waals surface area contributed by atoms with Gasteiger partial charge in [0.1, 0.15) is 18.1 Å². The zero-order chi connectivity index (χ0) is 17.6. The van der Waals surface area contributed by atoms with Crippen molar-refractivity contribution in [2.45, 2.75) is 45.8 Å². The van der Waals surface area contributed by atoms with E-state index < -0.39 is 11.8 Å². The first-order valence-electron chi connectivity index (χ1n) is 8.15. The monoisotopic (exact) mass is 339 g/mol. The Kier molecular flexibility index (Phi) is 6.39. The van der Waals surface area contributed by atoms with E-state index in [9.17, 15) is 4.79 Å². The lowest BCUT2D eigenvalue weighted by molar-refractivity contribution is -0.271. The van der Waals surface area contributed by atoms with E-state index >= 15 is 0 Å². The number of nitrogens with zero attached hydrogens (tertiary/aromatic N) is 1. The molecule has 1 aliphatic heterocycles. The molecule has 1 saturated heterocycles. The van der Waals surface area contributed by atoms with Gasteiger partial charge in [-0.25, -0.2) is 4.79 Å². The highest BCUT2D eigenvalue weighted by molar-refractivity contribution is 5.95. The molecule has 0 amide bonds. The lowest BCUT2D eigenvalue weighted by atomic mass is 10.0. The van der Waals surface area contributed by atoms with Crippen molar-refractivity contribution in [3.8, 4) is 0 Å². The third-order valence-corrected chi connectivity index (χ3v) is 3.97.